The van der Waals surface area contributed by atoms with Crippen LogP contribution in [0.15, 0.2) is 12.1 Å². The van der Waals surface area contributed by atoms with Crippen LogP contribution in [0.5, 0.6) is 0 Å². The van der Waals surface area contributed by atoms with Gasteiger partial charge in [0.25, 0.3) is 5.91 Å². The molecule has 1 amide bonds. The minimum Gasteiger partial charge on any atom is -0.480 e. The Kier molecular flexibility index (Phi) is 4.20. The lowest BCUT2D eigenvalue weighted by atomic mass is 10.2. The van der Waals surface area contributed by atoms with E-state index in [1.807, 2.05) is 6.07 Å². The number of nitrogens with zero attached hydrogens (tertiary/aromatic N) is 1. The molecule has 8 heteroatoms. The topological polar surface area (TPSA) is 79.3 Å². The summed E-state index contributed by atoms with van der Waals surface area (Å²) in [5, 5.41) is 12.5. The molecule has 0 aliphatic heterocycles. The Morgan fingerprint density at radius 3 is 2.68 bits per heavy atom. The van der Waals surface area contributed by atoms with Crippen LogP contribution in [0.4, 0.5) is 0 Å². The van der Waals surface area contributed by atoms with Crippen molar-refractivity contribution < 1.29 is 14.7 Å². The number of nitrogens with one attached hydrogen (secondary N) is 1. The van der Waals surface area contributed by atoms with Crippen molar-refractivity contribution in [2.75, 3.05) is 0 Å². The lowest BCUT2D eigenvalue weighted by Gasteiger charge is -2.12. The molecule has 2 aromatic rings. The molecule has 1 aliphatic carbocycles. The normalized spacial score (nSPS) is 15.5. The first-order valence-corrected chi connectivity index (χ1v) is 8.73. The Morgan fingerprint density at radius 1 is 1.41 bits per heavy atom. The predicted octanol–water partition coefficient (Wildman–Crippen LogP) is 3.43. The first-order chi connectivity index (χ1) is 10.5. The van der Waals surface area contributed by atoms with Crippen molar-refractivity contribution in [3.8, 4) is 9.88 Å². The fourth-order valence-corrected chi connectivity index (χ4v) is 4.23. The Balaban J connectivity index is 1.80. The second-order valence-electron chi connectivity index (χ2n) is 5.16. The third-order valence-electron chi connectivity index (χ3n) is 3.43. The zero-order valence-electron chi connectivity index (χ0n) is 11.6. The number of rotatable bonds is 5. The van der Waals surface area contributed by atoms with E-state index in [1.54, 1.807) is 13.0 Å². The number of carboxylic acids is 1. The van der Waals surface area contributed by atoms with Crippen LogP contribution in [0.25, 0.3) is 9.88 Å². The second kappa shape index (κ2) is 5.98. The minimum absolute atomic E-state index is 0.0465. The van der Waals surface area contributed by atoms with Gasteiger partial charge in [-0.25, -0.2) is 9.78 Å². The van der Waals surface area contributed by atoms with Gasteiger partial charge in [0.2, 0.25) is 0 Å². The van der Waals surface area contributed by atoms with E-state index in [0.717, 1.165) is 22.7 Å². The van der Waals surface area contributed by atoms with E-state index in [9.17, 15) is 14.7 Å². The number of carboxylic acid groups (broad SMARTS) is 1. The van der Waals surface area contributed by atoms with Crippen LogP contribution in [0, 0.1) is 12.8 Å². The first kappa shape index (κ1) is 15.5. The Labute approximate surface area is 140 Å². The molecule has 1 unspecified atom stereocenters. The predicted molar refractivity (Wildman–Crippen MR) is 86.8 cm³/mol. The van der Waals surface area contributed by atoms with Gasteiger partial charge in [0.15, 0.2) is 0 Å². The molecule has 1 saturated carbocycles. The molecule has 0 saturated heterocycles. The number of hydrogen-bond acceptors (Lipinski definition) is 5. The Morgan fingerprint density at radius 2 is 2.14 bits per heavy atom. The van der Waals surface area contributed by atoms with E-state index < -0.39 is 12.0 Å². The summed E-state index contributed by atoms with van der Waals surface area (Å²) >= 11 is 8.57. The standard InChI is InChI=1S/C14H13ClN2O3S2/c1-6-11(12(18)17-10(14(19)20)7-2-3-7)22-13(16-6)8-4-5-9(15)21-8/h4-5,7,10H,2-3H2,1H3,(H,17,18)(H,19,20). The van der Waals surface area contributed by atoms with E-state index in [2.05, 4.69) is 10.3 Å². The number of hydrogen-bond donors (Lipinski definition) is 2. The van der Waals surface area contributed by atoms with Gasteiger partial charge in [-0.15, -0.1) is 22.7 Å². The lowest BCUT2D eigenvalue weighted by molar-refractivity contribution is -0.139. The third kappa shape index (κ3) is 3.16. The molecule has 1 aliphatic rings. The van der Waals surface area contributed by atoms with Crippen LogP contribution in [0.2, 0.25) is 4.34 Å². The van der Waals surface area contributed by atoms with Crippen molar-refractivity contribution in [2.24, 2.45) is 5.92 Å². The average Bonchev–Trinajstić information content (AvgIpc) is 3.08. The SMILES string of the molecule is Cc1nc(-c2ccc(Cl)s2)sc1C(=O)NC(C(=O)O)C1CC1. The highest BCUT2D eigenvalue weighted by atomic mass is 35.5. The second-order valence-corrected chi connectivity index (χ2v) is 7.88. The summed E-state index contributed by atoms with van der Waals surface area (Å²) in [5.74, 6) is -1.31. The number of thiazole rings is 1. The summed E-state index contributed by atoms with van der Waals surface area (Å²) in [6, 6.07) is 2.83. The van der Waals surface area contributed by atoms with Crippen LogP contribution in [-0.4, -0.2) is 28.0 Å². The molecular formula is C14H13ClN2O3S2. The molecule has 1 atom stereocenters. The molecule has 5 nitrogen and oxygen atoms in total. The highest BCUT2D eigenvalue weighted by Crippen LogP contribution is 2.36. The smallest absolute Gasteiger partial charge is 0.326 e. The number of carbonyl (C=O) groups excluding carboxylic acids is 1. The van der Waals surface area contributed by atoms with Crippen LogP contribution < -0.4 is 5.32 Å². The molecule has 3 rings (SSSR count). The molecule has 116 valence electrons. The van der Waals surface area contributed by atoms with Crippen LogP contribution >= 0.6 is 34.3 Å². The maximum atomic E-state index is 12.3. The molecule has 0 radical (unpaired) electrons. The third-order valence-corrected chi connectivity index (χ3v) is 5.99. The van der Waals surface area contributed by atoms with E-state index in [-0.39, 0.29) is 11.8 Å². The van der Waals surface area contributed by atoms with Gasteiger partial charge >= 0.3 is 5.97 Å². The van der Waals surface area contributed by atoms with Crippen molar-refractivity contribution in [1.82, 2.24) is 10.3 Å². The van der Waals surface area contributed by atoms with E-state index in [1.165, 1.54) is 22.7 Å². The number of thiophene rings is 1. The molecule has 0 bridgehead atoms. The highest BCUT2D eigenvalue weighted by Gasteiger charge is 2.37. The molecule has 1 fully saturated rings. The van der Waals surface area contributed by atoms with Crippen LogP contribution in [-0.2, 0) is 4.79 Å². The fraction of sp³-hybridized carbons (Fsp3) is 0.357. The fourth-order valence-electron chi connectivity index (χ4n) is 2.16. The van der Waals surface area contributed by atoms with Gasteiger partial charge in [-0.1, -0.05) is 11.6 Å². The van der Waals surface area contributed by atoms with Gasteiger partial charge in [0.05, 0.1) is 14.9 Å². The monoisotopic (exact) mass is 356 g/mol. The summed E-state index contributed by atoms with van der Waals surface area (Å²) in [6.07, 6.45) is 1.69. The van der Waals surface area contributed by atoms with Crippen LogP contribution in [0.3, 0.4) is 0 Å². The largest absolute Gasteiger partial charge is 0.480 e. The number of halogens is 1. The van der Waals surface area contributed by atoms with Crippen molar-refractivity contribution >= 4 is 46.2 Å². The zero-order chi connectivity index (χ0) is 15.9. The molecule has 2 heterocycles. The van der Waals surface area contributed by atoms with E-state index >= 15 is 0 Å². The molecule has 22 heavy (non-hydrogen) atoms. The molecule has 0 aromatic carbocycles. The number of aromatic nitrogens is 1. The minimum atomic E-state index is -0.983. The summed E-state index contributed by atoms with van der Waals surface area (Å²) in [6.45, 7) is 1.75. The maximum absolute atomic E-state index is 12.3. The number of carbonyl (C=O) groups is 2. The number of aliphatic carboxylic acids is 1. The summed E-state index contributed by atoms with van der Waals surface area (Å²) in [7, 11) is 0. The molecule has 2 aromatic heterocycles. The quantitative estimate of drug-likeness (QED) is 0.860. The van der Waals surface area contributed by atoms with E-state index in [4.69, 9.17) is 11.6 Å². The van der Waals surface area contributed by atoms with Crippen molar-refractivity contribution in [1.29, 1.82) is 0 Å². The molecule has 2 N–H and O–H groups in total. The van der Waals surface area contributed by atoms with Crippen molar-refractivity contribution in [2.45, 2.75) is 25.8 Å². The van der Waals surface area contributed by atoms with Gasteiger partial charge in [-0.2, -0.15) is 0 Å². The molecule has 0 spiro atoms. The zero-order valence-corrected chi connectivity index (χ0v) is 14.0. The first-order valence-electron chi connectivity index (χ1n) is 6.72. The van der Waals surface area contributed by atoms with Crippen molar-refractivity contribution in [3.05, 3.63) is 27.0 Å². The van der Waals surface area contributed by atoms with Gasteiger partial charge in [0.1, 0.15) is 15.9 Å². The Bertz CT molecular complexity index is 736. The number of aryl methyl sites for hydroxylation is 1. The van der Waals surface area contributed by atoms with Gasteiger partial charge in [-0.05, 0) is 37.8 Å². The van der Waals surface area contributed by atoms with E-state index in [0.29, 0.717) is 14.9 Å². The lowest BCUT2D eigenvalue weighted by Crippen LogP contribution is -2.42. The van der Waals surface area contributed by atoms with Gasteiger partial charge in [-0.3, -0.25) is 4.79 Å². The molecular weight excluding hydrogens is 344 g/mol. The van der Waals surface area contributed by atoms with Gasteiger partial charge in [0, 0.05) is 0 Å². The average molecular weight is 357 g/mol. The van der Waals surface area contributed by atoms with Gasteiger partial charge < -0.3 is 10.4 Å². The summed E-state index contributed by atoms with van der Waals surface area (Å²) in [4.78, 5) is 29.3. The van der Waals surface area contributed by atoms with Crippen molar-refractivity contribution in [3.63, 3.8) is 0 Å². The highest BCUT2D eigenvalue weighted by molar-refractivity contribution is 7.24. The van der Waals surface area contributed by atoms with Crippen LogP contribution in [0.1, 0.15) is 28.2 Å². The Hall–Kier alpha value is -1.44. The summed E-state index contributed by atoms with van der Waals surface area (Å²) < 4.78 is 0.661. The summed E-state index contributed by atoms with van der Waals surface area (Å²) in [5.41, 5.74) is 0.599. The maximum Gasteiger partial charge on any atom is 0.326 e. The number of amides is 1.